The molecule has 1 heterocycles. The minimum Gasteiger partial charge on any atom is -0.360 e. The first-order valence-corrected chi connectivity index (χ1v) is 6.80. The number of aromatic amines is 1. The first kappa shape index (κ1) is 14.3. The number of H-pyrrole nitrogens is 1. The number of anilines is 1. The van der Waals surface area contributed by atoms with Crippen molar-refractivity contribution in [2.45, 2.75) is 20.8 Å². The highest BCUT2D eigenvalue weighted by atomic mass is 32.1. The fraction of sp³-hybridized carbons (Fsp3) is 0.200. The zero-order valence-electron chi connectivity index (χ0n) is 11.8. The normalized spacial score (nSPS) is 11.2. The minimum absolute atomic E-state index is 0.480. The summed E-state index contributed by atoms with van der Waals surface area (Å²) in [5.41, 5.74) is 8.00. The molecule has 1 aromatic heterocycles. The van der Waals surface area contributed by atoms with Gasteiger partial charge in [-0.15, -0.1) is 0 Å². The van der Waals surface area contributed by atoms with Crippen LogP contribution in [0.15, 0.2) is 41.6 Å². The van der Waals surface area contributed by atoms with Crippen LogP contribution in [0.4, 0.5) is 5.69 Å². The van der Waals surface area contributed by atoms with Crippen LogP contribution in [0.2, 0.25) is 0 Å². The third-order valence-corrected chi connectivity index (χ3v) is 3.23. The number of aryl methyl sites for hydroxylation is 2. The van der Waals surface area contributed by atoms with Crippen LogP contribution in [0.1, 0.15) is 23.7 Å². The molecule has 3 N–H and O–H groups in total. The number of thiocarbonyl (C=S) groups is 1. The van der Waals surface area contributed by atoms with Crippen LogP contribution in [0.3, 0.4) is 0 Å². The van der Waals surface area contributed by atoms with Crippen LogP contribution < -0.4 is 10.7 Å². The first-order valence-electron chi connectivity index (χ1n) is 6.39. The first-order chi connectivity index (χ1) is 9.58. The quantitative estimate of drug-likeness (QED) is 0.461. The molecule has 0 radical (unpaired) electrons. The monoisotopic (exact) mass is 286 g/mol. The van der Waals surface area contributed by atoms with Gasteiger partial charge in [-0.05, 0) is 56.2 Å². The van der Waals surface area contributed by atoms with Crippen molar-refractivity contribution in [1.29, 1.82) is 0 Å². The highest BCUT2D eigenvalue weighted by Gasteiger charge is 2.04. The van der Waals surface area contributed by atoms with Gasteiger partial charge in [0.25, 0.3) is 0 Å². The second kappa shape index (κ2) is 6.34. The van der Waals surface area contributed by atoms with Crippen molar-refractivity contribution >= 4 is 28.7 Å². The summed E-state index contributed by atoms with van der Waals surface area (Å²) in [5.74, 6) is 0. The molecule has 0 amide bonds. The highest BCUT2D eigenvalue weighted by molar-refractivity contribution is 7.80. The number of hydrazone groups is 1. The van der Waals surface area contributed by atoms with E-state index >= 15 is 0 Å². The van der Waals surface area contributed by atoms with Gasteiger partial charge in [-0.2, -0.15) is 5.10 Å². The van der Waals surface area contributed by atoms with Gasteiger partial charge >= 0.3 is 0 Å². The van der Waals surface area contributed by atoms with E-state index in [1.807, 2.05) is 57.3 Å². The van der Waals surface area contributed by atoms with E-state index in [0.717, 1.165) is 28.2 Å². The van der Waals surface area contributed by atoms with Crippen molar-refractivity contribution in [3.05, 3.63) is 53.3 Å². The van der Waals surface area contributed by atoms with Gasteiger partial charge in [0, 0.05) is 11.9 Å². The fourth-order valence-electron chi connectivity index (χ4n) is 1.90. The molecular formula is C15H18N4S. The number of nitrogens with one attached hydrogen (secondary N) is 3. The number of hydrogen-bond acceptors (Lipinski definition) is 2. The summed E-state index contributed by atoms with van der Waals surface area (Å²) < 4.78 is 0. The van der Waals surface area contributed by atoms with E-state index in [9.17, 15) is 0 Å². The molecular weight excluding hydrogens is 268 g/mol. The fourth-order valence-corrected chi connectivity index (χ4v) is 2.05. The Hall–Kier alpha value is -2.14. The maximum atomic E-state index is 5.26. The van der Waals surface area contributed by atoms with Crippen molar-refractivity contribution < 1.29 is 0 Å². The molecule has 0 unspecified atom stereocenters. The number of hydrogen-bond donors (Lipinski definition) is 3. The van der Waals surface area contributed by atoms with Crippen LogP contribution in [0, 0.1) is 13.8 Å². The van der Waals surface area contributed by atoms with E-state index in [1.54, 1.807) is 0 Å². The molecule has 2 aromatic rings. The van der Waals surface area contributed by atoms with E-state index in [1.165, 1.54) is 0 Å². The van der Waals surface area contributed by atoms with Gasteiger partial charge in [0.15, 0.2) is 5.11 Å². The molecule has 0 saturated heterocycles. The summed E-state index contributed by atoms with van der Waals surface area (Å²) in [6.07, 6.45) is 1.86. The number of aromatic nitrogens is 1. The maximum Gasteiger partial charge on any atom is 0.191 e. The van der Waals surface area contributed by atoms with Gasteiger partial charge in [0.1, 0.15) is 0 Å². The van der Waals surface area contributed by atoms with Gasteiger partial charge in [-0.3, -0.25) is 5.43 Å². The third-order valence-electron chi connectivity index (χ3n) is 3.03. The summed E-state index contributed by atoms with van der Waals surface area (Å²) in [6.45, 7) is 6.01. The van der Waals surface area contributed by atoms with Gasteiger partial charge < -0.3 is 10.3 Å². The number of nitrogens with zero attached hydrogens (tertiary/aromatic N) is 1. The van der Waals surface area contributed by atoms with Gasteiger partial charge in [0.05, 0.1) is 11.4 Å². The van der Waals surface area contributed by atoms with Crippen LogP contribution in [0.5, 0.6) is 0 Å². The lowest BCUT2D eigenvalue weighted by Gasteiger charge is -2.12. The minimum atomic E-state index is 0.480. The zero-order chi connectivity index (χ0) is 14.5. The average molecular weight is 286 g/mol. The Labute approximate surface area is 124 Å². The van der Waals surface area contributed by atoms with Crippen molar-refractivity contribution in [1.82, 2.24) is 10.4 Å². The topological polar surface area (TPSA) is 52.2 Å². The second-order valence-electron chi connectivity index (χ2n) is 4.61. The molecule has 20 heavy (non-hydrogen) atoms. The lowest BCUT2D eigenvalue weighted by atomic mass is 10.1. The summed E-state index contributed by atoms with van der Waals surface area (Å²) >= 11 is 5.26. The second-order valence-corrected chi connectivity index (χ2v) is 5.02. The molecule has 0 atom stereocenters. The number of rotatable bonds is 3. The van der Waals surface area contributed by atoms with Crippen LogP contribution in [0.25, 0.3) is 0 Å². The zero-order valence-corrected chi connectivity index (χ0v) is 12.6. The van der Waals surface area contributed by atoms with E-state index < -0.39 is 0 Å². The van der Waals surface area contributed by atoms with Crippen LogP contribution in [-0.4, -0.2) is 15.8 Å². The smallest absolute Gasteiger partial charge is 0.191 e. The van der Waals surface area contributed by atoms with E-state index in [2.05, 4.69) is 20.8 Å². The Morgan fingerprint density at radius 2 is 1.85 bits per heavy atom. The molecule has 0 saturated carbocycles. The summed E-state index contributed by atoms with van der Waals surface area (Å²) in [5, 5.41) is 7.92. The standard InChI is InChI=1S/C15H18N4S/c1-10-6-4-7-11(2)14(10)17-15(20)19-18-12(3)13-8-5-9-16-13/h4-9,16H,1-3H3,(H2,17,19,20)/b18-12+. The van der Waals surface area contributed by atoms with E-state index in [0.29, 0.717) is 5.11 Å². The Kier molecular flexibility index (Phi) is 4.53. The van der Waals surface area contributed by atoms with E-state index in [-0.39, 0.29) is 0 Å². The lowest BCUT2D eigenvalue weighted by molar-refractivity contribution is 1.03. The van der Waals surface area contributed by atoms with Gasteiger partial charge in [0.2, 0.25) is 0 Å². The van der Waals surface area contributed by atoms with Crippen molar-refractivity contribution in [3.8, 4) is 0 Å². The predicted octanol–water partition coefficient (Wildman–Crippen LogP) is 3.34. The Balaban J connectivity index is 2.01. The Bertz CT molecular complexity index is 609. The van der Waals surface area contributed by atoms with Gasteiger partial charge in [-0.25, -0.2) is 0 Å². The molecule has 0 aliphatic carbocycles. The molecule has 0 fully saturated rings. The SMILES string of the molecule is C/C(=N\NC(=S)Nc1c(C)cccc1C)c1ccc[nH]1. The Morgan fingerprint density at radius 1 is 1.15 bits per heavy atom. The third kappa shape index (κ3) is 3.45. The summed E-state index contributed by atoms with van der Waals surface area (Å²) in [7, 11) is 0. The molecule has 5 heteroatoms. The molecule has 4 nitrogen and oxygen atoms in total. The van der Waals surface area contributed by atoms with Crippen molar-refractivity contribution in [2.24, 2.45) is 5.10 Å². The van der Waals surface area contributed by atoms with Crippen LogP contribution >= 0.6 is 12.2 Å². The lowest BCUT2D eigenvalue weighted by Crippen LogP contribution is -2.25. The largest absolute Gasteiger partial charge is 0.360 e. The molecule has 104 valence electrons. The molecule has 0 aliphatic heterocycles. The molecule has 0 aliphatic rings. The van der Waals surface area contributed by atoms with Crippen molar-refractivity contribution in [2.75, 3.05) is 5.32 Å². The number of para-hydroxylation sites is 1. The maximum absolute atomic E-state index is 5.26. The molecule has 1 aromatic carbocycles. The number of benzene rings is 1. The predicted molar refractivity (Wildman–Crippen MR) is 88.3 cm³/mol. The average Bonchev–Trinajstić information content (AvgIpc) is 2.94. The summed E-state index contributed by atoms with van der Waals surface area (Å²) in [6, 6.07) is 10.0. The van der Waals surface area contributed by atoms with Crippen LogP contribution in [-0.2, 0) is 0 Å². The van der Waals surface area contributed by atoms with Gasteiger partial charge in [-0.1, -0.05) is 18.2 Å². The van der Waals surface area contributed by atoms with Crippen molar-refractivity contribution in [3.63, 3.8) is 0 Å². The Morgan fingerprint density at radius 3 is 2.45 bits per heavy atom. The molecule has 2 rings (SSSR count). The summed E-state index contributed by atoms with van der Waals surface area (Å²) in [4.78, 5) is 3.09. The van der Waals surface area contributed by atoms with E-state index in [4.69, 9.17) is 12.2 Å². The molecule has 0 bridgehead atoms. The molecule has 0 spiro atoms. The highest BCUT2D eigenvalue weighted by Crippen LogP contribution is 2.19.